The fourth-order valence-corrected chi connectivity index (χ4v) is 1.77. The number of aromatic nitrogens is 1. The van der Waals surface area contributed by atoms with Crippen LogP contribution in [0, 0.1) is 0 Å². The van der Waals surface area contributed by atoms with Gasteiger partial charge >= 0.3 is 0 Å². The Bertz CT molecular complexity index is 635. The van der Waals surface area contributed by atoms with E-state index in [1.807, 2.05) is 36.4 Å². The Kier molecular flexibility index (Phi) is 2.47. The Morgan fingerprint density at radius 1 is 0.765 bits per heavy atom. The highest BCUT2D eigenvalue weighted by Gasteiger charge is 1.98. The maximum absolute atomic E-state index is 5.72. The Morgan fingerprint density at radius 3 is 2.47 bits per heavy atom. The summed E-state index contributed by atoms with van der Waals surface area (Å²) in [4.78, 5) is 4.02. The highest BCUT2D eigenvalue weighted by atomic mass is 16.5. The van der Waals surface area contributed by atoms with E-state index in [0.717, 1.165) is 11.5 Å². The first-order valence-corrected chi connectivity index (χ1v) is 5.48. The Hall–Kier alpha value is -2.35. The molecule has 0 spiro atoms. The minimum Gasteiger partial charge on any atom is -0.456 e. The number of pyridine rings is 1. The first-order chi connectivity index (χ1) is 8.42. The number of hydrogen-bond donors (Lipinski definition) is 0. The topological polar surface area (TPSA) is 22.1 Å². The molecule has 0 fully saturated rings. The molecule has 0 saturated carbocycles. The summed E-state index contributed by atoms with van der Waals surface area (Å²) in [6.45, 7) is 0. The summed E-state index contributed by atoms with van der Waals surface area (Å²) >= 11 is 0. The fraction of sp³-hybridized carbons (Fsp3) is 0. The third kappa shape index (κ3) is 2.11. The molecule has 82 valence electrons. The normalized spacial score (nSPS) is 10.4. The van der Waals surface area contributed by atoms with E-state index in [9.17, 15) is 0 Å². The van der Waals surface area contributed by atoms with Gasteiger partial charge in [-0.1, -0.05) is 30.3 Å². The third-order valence-electron chi connectivity index (χ3n) is 2.59. The molecule has 0 aliphatic carbocycles. The number of fused-ring (bicyclic) bond motifs is 1. The Morgan fingerprint density at radius 2 is 1.65 bits per heavy atom. The minimum atomic E-state index is 0.753. The molecule has 0 atom stereocenters. The highest BCUT2D eigenvalue weighted by Crippen LogP contribution is 2.24. The zero-order valence-electron chi connectivity index (χ0n) is 9.21. The van der Waals surface area contributed by atoms with E-state index in [1.54, 1.807) is 12.4 Å². The number of hydrogen-bond acceptors (Lipinski definition) is 2. The molecule has 0 N–H and O–H groups in total. The quantitative estimate of drug-likeness (QED) is 0.651. The lowest BCUT2D eigenvalue weighted by molar-refractivity contribution is 0.481. The van der Waals surface area contributed by atoms with E-state index in [4.69, 9.17) is 4.74 Å². The van der Waals surface area contributed by atoms with Gasteiger partial charge in [-0.2, -0.15) is 0 Å². The van der Waals surface area contributed by atoms with Crippen LogP contribution in [0.4, 0.5) is 0 Å². The lowest BCUT2D eigenvalue weighted by Gasteiger charge is -2.06. The Labute approximate surface area is 99.5 Å². The predicted molar refractivity (Wildman–Crippen MR) is 68.3 cm³/mol. The number of nitrogens with zero attached hydrogens (tertiary/aromatic N) is 1. The molecular weight excluding hydrogens is 210 g/mol. The van der Waals surface area contributed by atoms with Crippen LogP contribution in [0.2, 0.25) is 0 Å². The second kappa shape index (κ2) is 4.26. The number of benzene rings is 2. The maximum atomic E-state index is 5.72. The van der Waals surface area contributed by atoms with E-state index in [2.05, 4.69) is 23.2 Å². The first-order valence-electron chi connectivity index (χ1n) is 5.48. The van der Waals surface area contributed by atoms with Crippen molar-refractivity contribution in [2.45, 2.75) is 0 Å². The van der Waals surface area contributed by atoms with Crippen LogP contribution in [0.3, 0.4) is 0 Å². The molecule has 2 heteroatoms. The lowest BCUT2D eigenvalue weighted by Crippen LogP contribution is -1.84. The summed E-state index contributed by atoms with van der Waals surface area (Å²) in [6.07, 6.45) is 3.43. The largest absolute Gasteiger partial charge is 0.456 e. The van der Waals surface area contributed by atoms with Gasteiger partial charge in [-0.3, -0.25) is 4.98 Å². The van der Waals surface area contributed by atoms with Crippen LogP contribution in [-0.4, -0.2) is 4.98 Å². The molecule has 0 aliphatic rings. The average Bonchev–Trinajstić information content (AvgIpc) is 2.40. The molecule has 0 amide bonds. The van der Waals surface area contributed by atoms with Gasteiger partial charge in [0.15, 0.2) is 0 Å². The summed E-state index contributed by atoms with van der Waals surface area (Å²) < 4.78 is 5.72. The van der Waals surface area contributed by atoms with Gasteiger partial charge in [-0.05, 0) is 35.0 Å². The molecule has 0 saturated heterocycles. The summed E-state index contributed by atoms with van der Waals surface area (Å²) in [5, 5.41) is 2.39. The predicted octanol–water partition coefficient (Wildman–Crippen LogP) is 4.03. The van der Waals surface area contributed by atoms with Crippen molar-refractivity contribution in [3.8, 4) is 11.5 Å². The third-order valence-corrected chi connectivity index (χ3v) is 2.59. The summed E-state index contributed by atoms with van der Waals surface area (Å²) in [7, 11) is 0. The summed E-state index contributed by atoms with van der Waals surface area (Å²) in [5.74, 6) is 1.58. The molecule has 3 aromatic rings. The van der Waals surface area contributed by atoms with Crippen LogP contribution in [0.5, 0.6) is 11.5 Å². The van der Waals surface area contributed by atoms with E-state index in [-0.39, 0.29) is 0 Å². The molecular formula is C15H11NO. The van der Waals surface area contributed by atoms with E-state index < -0.39 is 0 Å². The van der Waals surface area contributed by atoms with Crippen molar-refractivity contribution in [2.24, 2.45) is 0 Å². The molecule has 0 bridgehead atoms. The SMILES string of the molecule is c1cncc(Oc2ccc3ccccc3c2)c1. The van der Waals surface area contributed by atoms with Crippen molar-refractivity contribution < 1.29 is 4.74 Å². The average molecular weight is 221 g/mol. The van der Waals surface area contributed by atoms with Crippen LogP contribution < -0.4 is 4.74 Å². The van der Waals surface area contributed by atoms with Crippen molar-refractivity contribution in [3.63, 3.8) is 0 Å². The Balaban J connectivity index is 1.96. The first kappa shape index (κ1) is 9.85. The molecule has 0 aliphatic heterocycles. The van der Waals surface area contributed by atoms with Gasteiger partial charge in [0.2, 0.25) is 0 Å². The van der Waals surface area contributed by atoms with Crippen LogP contribution in [-0.2, 0) is 0 Å². The van der Waals surface area contributed by atoms with Crippen molar-refractivity contribution >= 4 is 10.8 Å². The molecule has 17 heavy (non-hydrogen) atoms. The van der Waals surface area contributed by atoms with Crippen LogP contribution in [0.25, 0.3) is 10.8 Å². The van der Waals surface area contributed by atoms with Crippen LogP contribution in [0.15, 0.2) is 67.0 Å². The zero-order chi connectivity index (χ0) is 11.5. The van der Waals surface area contributed by atoms with E-state index in [0.29, 0.717) is 0 Å². The van der Waals surface area contributed by atoms with Gasteiger partial charge in [0.05, 0.1) is 6.20 Å². The van der Waals surface area contributed by atoms with Crippen LogP contribution >= 0.6 is 0 Å². The lowest BCUT2D eigenvalue weighted by atomic mass is 10.1. The van der Waals surface area contributed by atoms with Gasteiger partial charge < -0.3 is 4.74 Å². The highest BCUT2D eigenvalue weighted by molar-refractivity contribution is 5.83. The molecule has 2 aromatic carbocycles. The number of ether oxygens (including phenoxy) is 1. The smallest absolute Gasteiger partial charge is 0.145 e. The minimum absolute atomic E-state index is 0.753. The van der Waals surface area contributed by atoms with Crippen molar-refractivity contribution in [1.29, 1.82) is 0 Å². The molecule has 2 nitrogen and oxygen atoms in total. The van der Waals surface area contributed by atoms with Gasteiger partial charge in [-0.15, -0.1) is 0 Å². The van der Waals surface area contributed by atoms with Crippen molar-refractivity contribution in [3.05, 3.63) is 67.0 Å². The molecule has 3 rings (SSSR count). The second-order valence-electron chi connectivity index (χ2n) is 3.80. The monoisotopic (exact) mass is 221 g/mol. The van der Waals surface area contributed by atoms with Crippen LogP contribution in [0.1, 0.15) is 0 Å². The number of rotatable bonds is 2. The zero-order valence-corrected chi connectivity index (χ0v) is 9.21. The molecule has 1 heterocycles. The maximum Gasteiger partial charge on any atom is 0.145 e. The van der Waals surface area contributed by atoms with E-state index >= 15 is 0 Å². The summed E-state index contributed by atoms with van der Waals surface area (Å²) in [6, 6.07) is 18.0. The standard InChI is InChI=1S/C15H11NO/c1-2-5-13-10-14(8-7-12(13)4-1)17-15-6-3-9-16-11-15/h1-11H. The van der Waals surface area contributed by atoms with Crippen molar-refractivity contribution in [1.82, 2.24) is 4.98 Å². The van der Waals surface area contributed by atoms with E-state index in [1.165, 1.54) is 10.8 Å². The van der Waals surface area contributed by atoms with Gasteiger partial charge in [0.1, 0.15) is 11.5 Å². The van der Waals surface area contributed by atoms with Crippen molar-refractivity contribution in [2.75, 3.05) is 0 Å². The van der Waals surface area contributed by atoms with Gasteiger partial charge in [-0.25, -0.2) is 0 Å². The van der Waals surface area contributed by atoms with Gasteiger partial charge in [0, 0.05) is 6.20 Å². The van der Waals surface area contributed by atoms with Gasteiger partial charge in [0.25, 0.3) is 0 Å². The molecule has 0 radical (unpaired) electrons. The summed E-state index contributed by atoms with van der Waals surface area (Å²) in [5.41, 5.74) is 0. The second-order valence-corrected chi connectivity index (χ2v) is 3.80. The fourth-order valence-electron chi connectivity index (χ4n) is 1.77. The molecule has 0 unspecified atom stereocenters. The molecule has 1 aromatic heterocycles.